The van der Waals surface area contributed by atoms with Gasteiger partial charge in [0, 0.05) is 24.3 Å². The summed E-state index contributed by atoms with van der Waals surface area (Å²) in [4.78, 5) is 26.6. The van der Waals surface area contributed by atoms with Crippen molar-refractivity contribution < 1.29 is 14.3 Å². The van der Waals surface area contributed by atoms with Gasteiger partial charge in [0.25, 0.3) is 11.8 Å². The maximum Gasteiger partial charge on any atom is 0.265 e. The molecule has 0 spiro atoms. The molecule has 0 heterocycles. The number of carbonyl (C=O) groups is 2. The van der Waals surface area contributed by atoms with Crippen LogP contribution in [0.2, 0.25) is 0 Å². The molecule has 27 heavy (non-hydrogen) atoms. The Kier molecular flexibility index (Phi) is 6.95. The summed E-state index contributed by atoms with van der Waals surface area (Å²) in [6, 6.07) is 15.5. The summed E-state index contributed by atoms with van der Waals surface area (Å²) < 4.78 is 5.60. The second-order valence-corrected chi connectivity index (χ2v) is 5.95. The van der Waals surface area contributed by atoms with E-state index in [9.17, 15) is 9.59 Å². The van der Waals surface area contributed by atoms with Gasteiger partial charge in [0.15, 0.2) is 6.10 Å². The van der Waals surface area contributed by atoms with Crippen molar-refractivity contribution in [3.63, 3.8) is 0 Å². The van der Waals surface area contributed by atoms with Gasteiger partial charge in [0.05, 0.1) is 11.6 Å². The van der Waals surface area contributed by atoms with Gasteiger partial charge in [0.2, 0.25) is 0 Å². The standard InChI is InChI=1S/C21H23N3O3/c1-4-24(5-2)21(26)17-9-7-10-18(13-17)23-20(25)15(3)27-19-11-6-8-16(12-19)14-22/h6-13,15H,4-5H2,1-3H3,(H,23,25). The van der Waals surface area contributed by atoms with Crippen LogP contribution in [-0.2, 0) is 4.79 Å². The lowest BCUT2D eigenvalue weighted by molar-refractivity contribution is -0.122. The number of nitrogens with zero attached hydrogens (tertiary/aromatic N) is 2. The monoisotopic (exact) mass is 365 g/mol. The highest BCUT2D eigenvalue weighted by atomic mass is 16.5. The average Bonchev–Trinajstić information content (AvgIpc) is 2.69. The Balaban J connectivity index is 2.05. The molecule has 140 valence electrons. The van der Waals surface area contributed by atoms with Crippen LogP contribution in [0.25, 0.3) is 0 Å². The number of nitriles is 1. The van der Waals surface area contributed by atoms with Crippen molar-refractivity contribution in [3.05, 3.63) is 59.7 Å². The molecule has 1 N–H and O–H groups in total. The van der Waals surface area contributed by atoms with Gasteiger partial charge in [-0.05, 0) is 57.2 Å². The van der Waals surface area contributed by atoms with Crippen molar-refractivity contribution in [2.75, 3.05) is 18.4 Å². The molecule has 0 saturated carbocycles. The zero-order valence-electron chi connectivity index (χ0n) is 15.7. The predicted molar refractivity (Wildman–Crippen MR) is 104 cm³/mol. The Labute approximate surface area is 159 Å². The SMILES string of the molecule is CCN(CC)C(=O)c1cccc(NC(=O)C(C)Oc2cccc(C#N)c2)c1. The second kappa shape index (κ2) is 9.39. The van der Waals surface area contributed by atoms with Crippen LogP contribution >= 0.6 is 0 Å². The van der Waals surface area contributed by atoms with Gasteiger partial charge in [-0.1, -0.05) is 12.1 Å². The molecule has 0 aromatic heterocycles. The molecule has 0 bridgehead atoms. The van der Waals surface area contributed by atoms with Crippen molar-refractivity contribution in [1.82, 2.24) is 4.90 Å². The van der Waals surface area contributed by atoms with E-state index in [0.29, 0.717) is 35.7 Å². The van der Waals surface area contributed by atoms with Crippen LogP contribution in [0.1, 0.15) is 36.7 Å². The summed E-state index contributed by atoms with van der Waals surface area (Å²) in [6.45, 7) is 6.72. The molecule has 1 unspecified atom stereocenters. The molecule has 0 aliphatic carbocycles. The van der Waals surface area contributed by atoms with E-state index in [2.05, 4.69) is 5.32 Å². The lowest BCUT2D eigenvalue weighted by Gasteiger charge is -2.19. The van der Waals surface area contributed by atoms with Gasteiger partial charge in [-0.25, -0.2) is 0 Å². The Morgan fingerprint density at radius 2 is 1.85 bits per heavy atom. The van der Waals surface area contributed by atoms with E-state index in [0.717, 1.165) is 0 Å². The molecular formula is C21H23N3O3. The first-order valence-electron chi connectivity index (χ1n) is 8.85. The molecule has 2 aromatic rings. The predicted octanol–water partition coefficient (Wildman–Crippen LogP) is 3.45. The lowest BCUT2D eigenvalue weighted by Crippen LogP contribution is -2.31. The number of hydrogen-bond acceptors (Lipinski definition) is 4. The van der Waals surface area contributed by atoms with Crippen molar-refractivity contribution >= 4 is 17.5 Å². The van der Waals surface area contributed by atoms with Gasteiger partial charge < -0.3 is 15.0 Å². The number of rotatable bonds is 7. The van der Waals surface area contributed by atoms with Crippen LogP contribution in [0.3, 0.4) is 0 Å². The lowest BCUT2D eigenvalue weighted by atomic mass is 10.1. The number of ether oxygens (including phenoxy) is 1. The summed E-state index contributed by atoms with van der Waals surface area (Å²) in [5, 5.41) is 11.7. The molecule has 0 aliphatic rings. The minimum absolute atomic E-state index is 0.0753. The van der Waals surface area contributed by atoms with Crippen LogP contribution in [0.4, 0.5) is 5.69 Å². The number of hydrogen-bond donors (Lipinski definition) is 1. The average molecular weight is 365 g/mol. The van der Waals surface area contributed by atoms with Gasteiger partial charge in [-0.2, -0.15) is 5.26 Å². The van der Waals surface area contributed by atoms with Crippen LogP contribution in [0, 0.1) is 11.3 Å². The molecule has 6 heteroatoms. The van der Waals surface area contributed by atoms with Crippen molar-refractivity contribution in [3.8, 4) is 11.8 Å². The summed E-state index contributed by atoms with van der Waals surface area (Å²) in [6.07, 6.45) is -0.763. The Bertz CT molecular complexity index is 854. The Morgan fingerprint density at radius 1 is 1.15 bits per heavy atom. The molecule has 6 nitrogen and oxygen atoms in total. The van der Waals surface area contributed by atoms with E-state index in [1.165, 1.54) is 0 Å². The summed E-state index contributed by atoms with van der Waals surface area (Å²) in [7, 11) is 0. The first-order valence-corrected chi connectivity index (χ1v) is 8.85. The maximum atomic E-state index is 12.4. The molecular weight excluding hydrogens is 342 g/mol. The van der Waals surface area contributed by atoms with E-state index < -0.39 is 6.10 Å². The zero-order valence-corrected chi connectivity index (χ0v) is 15.7. The molecule has 2 rings (SSSR count). The van der Waals surface area contributed by atoms with E-state index in [-0.39, 0.29) is 11.8 Å². The number of nitrogens with one attached hydrogen (secondary N) is 1. The highest BCUT2D eigenvalue weighted by molar-refractivity contribution is 5.98. The minimum Gasteiger partial charge on any atom is -0.481 e. The first-order chi connectivity index (χ1) is 13.0. The number of amides is 2. The van der Waals surface area contributed by atoms with Gasteiger partial charge in [-0.3, -0.25) is 9.59 Å². The molecule has 2 aromatic carbocycles. The largest absolute Gasteiger partial charge is 0.481 e. The number of anilines is 1. The number of carbonyl (C=O) groups excluding carboxylic acids is 2. The summed E-state index contributed by atoms with van der Waals surface area (Å²) in [5.74, 6) is 0.0284. The van der Waals surface area contributed by atoms with E-state index in [1.54, 1.807) is 60.4 Å². The van der Waals surface area contributed by atoms with Crippen LogP contribution in [0.15, 0.2) is 48.5 Å². The maximum absolute atomic E-state index is 12.4. The van der Waals surface area contributed by atoms with Crippen LogP contribution in [0.5, 0.6) is 5.75 Å². The molecule has 0 radical (unpaired) electrons. The molecule has 0 aliphatic heterocycles. The van der Waals surface area contributed by atoms with Crippen molar-refractivity contribution in [1.29, 1.82) is 5.26 Å². The minimum atomic E-state index is -0.763. The third-order valence-corrected chi connectivity index (χ3v) is 4.07. The van der Waals surface area contributed by atoms with E-state index in [1.807, 2.05) is 19.9 Å². The second-order valence-electron chi connectivity index (χ2n) is 5.95. The highest BCUT2D eigenvalue weighted by Crippen LogP contribution is 2.17. The van der Waals surface area contributed by atoms with E-state index in [4.69, 9.17) is 10.00 Å². The Morgan fingerprint density at radius 3 is 2.52 bits per heavy atom. The highest BCUT2D eigenvalue weighted by Gasteiger charge is 2.17. The van der Waals surface area contributed by atoms with Gasteiger partial charge in [-0.15, -0.1) is 0 Å². The fraction of sp³-hybridized carbons (Fsp3) is 0.286. The molecule has 0 saturated heterocycles. The summed E-state index contributed by atoms with van der Waals surface area (Å²) >= 11 is 0. The van der Waals surface area contributed by atoms with Crippen molar-refractivity contribution in [2.24, 2.45) is 0 Å². The zero-order chi connectivity index (χ0) is 19.8. The normalized spacial score (nSPS) is 11.2. The van der Waals surface area contributed by atoms with Crippen LogP contribution < -0.4 is 10.1 Å². The van der Waals surface area contributed by atoms with Crippen LogP contribution in [-0.4, -0.2) is 35.9 Å². The topological polar surface area (TPSA) is 82.4 Å². The fourth-order valence-electron chi connectivity index (χ4n) is 2.56. The van der Waals surface area contributed by atoms with Gasteiger partial charge >= 0.3 is 0 Å². The number of benzene rings is 2. The third kappa shape index (κ3) is 5.32. The Hall–Kier alpha value is -3.33. The quantitative estimate of drug-likeness (QED) is 0.815. The molecule has 0 fully saturated rings. The smallest absolute Gasteiger partial charge is 0.265 e. The first kappa shape index (κ1) is 20.0. The third-order valence-electron chi connectivity index (χ3n) is 4.07. The molecule has 1 atom stereocenters. The van der Waals surface area contributed by atoms with Crippen molar-refractivity contribution in [2.45, 2.75) is 26.9 Å². The van der Waals surface area contributed by atoms with Gasteiger partial charge in [0.1, 0.15) is 5.75 Å². The van der Waals surface area contributed by atoms with E-state index >= 15 is 0 Å². The molecule has 2 amide bonds. The summed E-state index contributed by atoms with van der Waals surface area (Å²) in [5.41, 5.74) is 1.51. The fourth-order valence-corrected chi connectivity index (χ4v) is 2.56.